The average molecular weight is 453 g/mol. The molecule has 1 aromatic heterocycles. The molecule has 0 aliphatic carbocycles. The third kappa shape index (κ3) is 4.04. The van der Waals surface area contributed by atoms with Crippen LogP contribution in [0.15, 0.2) is 85.2 Å². The molecule has 0 radical (unpaired) electrons. The Morgan fingerprint density at radius 2 is 1.76 bits per heavy atom. The number of rotatable bonds is 6. The Bertz CT molecular complexity index is 1460. The van der Waals surface area contributed by atoms with Crippen LogP contribution in [0.2, 0.25) is 0 Å². The van der Waals surface area contributed by atoms with Crippen molar-refractivity contribution < 1.29 is 24.2 Å². The van der Waals surface area contributed by atoms with Gasteiger partial charge in [-0.05, 0) is 29.8 Å². The molecule has 5 rings (SSSR count). The van der Waals surface area contributed by atoms with Gasteiger partial charge in [-0.25, -0.2) is 9.78 Å². The van der Waals surface area contributed by atoms with E-state index in [0.29, 0.717) is 22.3 Å². The summed E-state index contributed by atoms with van der Waals surface area (Å²) in [5.74, 6) is -1.66. The maximum atomic E-state index is 12.6. The maximum Gasteiger partial charge on any atom is 0.344 e. The van der Waals surface area contributed by atoms with Gasteiger partial charge in [0, 0.05) is 17.3 Å². The minimum Gasteiger partial charge on any atom is -0.481 e. The van der Waals surface area contributed by atoms with Gasteiger partial charge in [-0.15, -0.1) is 0 Å². The van der Waals surface area contributed by atoms with Crippen LogP contribution < -0.4 is 5.32 Å². The molecule has 2 N–H and O–H groups in total. The van der Waals surface area contributed by atoms with Gasteiger partial charge >= 0.3 is 11.9 Å². The highest BCUT2D eigenvalue weighted by Crippen LogP contribution is 2.30. The molecule has 8 nitrogen and oxygen atoms in total. The van der Waals surface area contributed by atoms with Crippen LogP contribution in [0.1, 0.15) is 33.9 Å². The summed E-state index contributed by atoms with van der Waals surface area (Å²) in [5.41, 5.74) is 3.70. The lowest BCUT2D eigenvalue weighted by molar-refractivity contribution is -0.137. The smallest absolute Gasteiger partial charge is 0.344 e. The fraction of sp³-hybridized carbons (Fsp3) is 0.0769. The number of hydrogen-bond acceptors (Lipinski definition) is 5. The van der Waals surface area contributed by atoms with E-state index in [-0.39, 0.29) is 12.2 Å². The SMILES string of the molecule is O=C(O)CC(c1ccccc1)n1cnc2cc(NC(=O)/C=C3/OC(=O)c4ccccc43)ccc21. The first kappa shape index (κ1) is 21.1. The summed E-state index contributed by atoms with van der Waals surface area (Å²) in [6.07, 6.45) is 2.75. The molecule has 1 amide bonds. The van der Waals surface area contributed by atoms with Crippen molar-refractivity contribution in [3.8, 4) is 0 Å². The maximum absolute atomic E-state index is 12.6. The summed E-state index contributed by atoms with van der Waals surface area (Å²) in [6.45, 7) is 0. The lowest BCUT2D eigenvalue weighted by atomic mass is 10.0. The molecule has 4 aromatic rings. The molecule has 1 aliphatic heterocycles. The first-order chi connectivity index (χ1) is 16.5. The molecule has 0 fully saturated rings. The number of imidazole rings is 1. The van der Waals surface area contributed by atoms with Crippen LogP contribution in [-0.4, -0.2) is 32.5 Å². The van der Waals surface area contributed by atoms with Gasteiger partial charge in [-0.3, -0.25) is 9.59 Å². The van der Waals surface area contributed by atoms with Gasteiger partial charge in [0.1, 0.15) is 5.76 Å². The molecule has 1 aliphatic rings. The molecule has 0 saturated heterocycles. The van der Waals surface area contributed by atoms with Crippen LogP contribution in [0.3, 0.4) is 0 Å². The van der Waals surface area contributed by atoms with E-state index in [4.69, 9.17) is 4.74 Å². The third-order valence-electron chi connectivity index (χ3n) is 5.61. The lowest BCUT2D eigenvalue weighted by Gasteiger charge is -2.18. The number of aliphatic carboxylic acids is 1. The number of benzene rings is 3. The number of carbonyl (C=O) groups excluding carboxylic acids is 2. The van der Waals surface area contributed by atoms with Crippen LogP contribution in [-0.2, 0) is 14.3 Å². The summed E-state index contributed by atoms with van der Waals surface area (Å²) in [5, 5.41) is 12.2. The second kappa shape index (κ2) is 8.67. The minimum atomic E-state index is -0.915. The zero-order valence-corrected chi connectivity index (χ0v) is 17.8. The van der Waals surface area contributed by atoms with E-state index in [1.165, 1.54) is 6.08 Å². The fourth-order valence-electron chi connectivity index (χ4n) is 4.07. The number of fused-ring (bicyclic) bond motifs is 2. The van der Waals surface area contributed by atoms with E-state index >= 15 is 0 Å². The average Bonchev–Trinajstić information content (AvgIpc) is 3.39. The van der Waals surface area contributed by atoms with Gasteiger partial charge in [0.15, 0.2) is 0 Å². The Balaban J connectivity index is 1.40. The Morgan fingerprint density at radius 3 is 2.53 bits per heavy atom. The predicted molar refractivity (Wildman–Crippen MR) is 125 cm³/mol. The fourth-order valence-corrected chi connectivity index (χ4v) is 4.07. The normalized spacial score (nSPS) is 14.6. The molecule has 1 unspecified atom stereocenters. The van der Waals surface area contributed by atoms with Crippen molar-refractivity contribution in [2.45, 2.75) is 12.5 Å². The molecule has 3 aromatic carbocycles. The molecule has 0 saturated carbocycles. The Morgan fingerprint density at radius 1 is 1.03 bits per heavy atom. The molecule has 168 valence electrons. The van der Waals surface area contributed by atoms with Crippen molar-refractivity contribution in [2.24, 2.45) is 0 Å². The Hall–Kier alpha value is -4.72. The zero-order chi connectivity index (χ0) is 23.7. The number of aromatic nitrogens is 2. The van der Waals surface area contributed by atoms with E-state index in [1.54, 1.807) is 48.8 Å². The molecule has 2 heterocycles. The highest BCUT2D eigenvalue weighted by atomic mass is 16.5. The zero-order valence-electron chi connectivity index (χ0n) is 17.8. The number of anilines is 1. The van der Waals surface area contributed by atoms with Crippen LogP contribution in [0.25, 0.3) is 16.8 Å². The highest BCUT2D eigenvalue weighted by Gasteiger charge is 2.26. The molecule has 0 spiro atoms. The van der Waals surface area contributed by atoms with E-state index in [1.807, 2.05) is 34.9 Å². The second-order valence-electron chi connectivity index (χ2n) is 7.81. The number of carboxylic acid groups (broad SMARTS) is 1. The summed E-state index contributed by atoms with van der Waals surface area (Å²) < 4.78 is 7.03. The second-order valence-corrected chi connectivity index (χ2v) is 7.81. The first-order valence-electron chi connectivity index (χ1n) is 10.6. The number of nitrogens with one attached hydrogen (secondary N) is 1. The molecule has 34 heavy (non-hydrogen) atoms. The first-order valence-corrected chi connectivity index (χ1v) is 10.6. The lowest BCUT2D eigenvalue weighted by Crippen LogP contribution is -2.14. The number of carboxylic acids is 1. The molecule has 8 heteroatoms. The summed E-state index contributed by atoms with van der Waals surface area (Å²) in [7, 11) is 0. The largest absolute Gasteiger partial charge is 0.481 e. The minimum absolute atomic E-state index is 0.0955. The van der Waals surface area contributed by atoms with Crippen molar-refractivity contribution in [1.29, 1.82) is 0 Å². The van der Waals surface area contributed by atoms with Crippen molar-refractivity contribution in [2.75, 3.05) is 5.32 Å². The Kier molecular flexibility index (Phi) is 5.39. The van der Waals surface area contributed by atoms with Gasteiger partial charge in [0.25, 0.3) is 5.91 Å². The van der Waals surface area contributed by atoms with Gasteiger partial charge < -0.3 is 19.7 Å². The summed E-state index contributed by atoms with van der Waals surface area (Å²) in [4.78, 5) is 40.4. The van der Waals surface area contributed by atoms with Gasteiger partial charge in [-0.2, -0.15) is 0 Å². The summed E-state index contributed by atoms with van der Waals surface area (Å²) >= 11 is 0. The number of carbonyl (C=O) groups is 3. The van der Waals surface area contributed by atoms with Crippen LogP contribution in [0, 0.1) is 0 Å². The molecular formula is C26H19N3O5. The number of ether oxygens (including phenoxy) is 1. The third-order valence-corrected chi connectivity index (χ3v) is 5.61. The number of esters is 1. The molecular weight excluding hydrogens is 434 g/mol. The van der Waals surface area contributed by atoms with Crippen LogP contribution >= 0.6 is 0 Å². The number of hydrogen-bond donors (Lipinski definition) is 2. The monoisotopic (exact) mass is 453 g/mol. The van der Waals surface area contributed by atoms with Crippen molar-refractivity contribution >= 4 is 40.3 Å². The van der Waals surface area contributed by atoms with E-state index in [2.05, 4.69) is 10.3 Å². The molecule has 0 bridgehead atoms. The van der Waals surface area contributed by atoms with Crippen LogP contribution in [0.4, 0.5) is 5.69 Å². The summed E-state index contributed by atoms with van der Waals surface area (Å²) in [6, 6.07) is 21.0. The number of cyclic esters (lactones) is 1. The number of amides is 1. The van der Waals surface area contributed by atoms with Crippen LogP contribution in [0.5, 0.6) is 0 Å². The topological polar surface area (TPSA) is 111 Å². The molecule has 1 atom stereocenters. The van der Waals surface area contributed by atoms with E-state index < -0.39 is 23.9 Å². The van der Waals surface area contributed by atoms with Gasteiger partial charge in [0.05, 0.1) is 35.4 Å². The van der Waals surface area contributed by atoms with E-state index in [9.17, 15) is 19.5 Å². The van der Waals surface area contributed by atoms with Crippen molar-refractivity contribution in [3.05, 3.63) is 102 Å². The van der Waals surface area contributed by atoms with Crippen molar-refractivity contribution in [1.82, 2.24) is 9.55 Å². The van der Waals surface area contributed by atoms with Gasteiger partial charge in [-0.1, -0.05) is 48.5 Å². The highest BCUT2D eigenvalue weighted by molar-refractivity contribution is 6.10. The van der Waals surface area contributed by atoms with Gasteiger partial charge in [0.2, 0.25) is 0 Å². The Labute approximate surface area is 194 Å². The predicted octanol–water partition coefficient (Wildman–Crippen LogP) is 4.25. The van der Waals surface area contributed by atoms with Crippen molar-refractivity contribution in [3.63, 3.8) is 0 Å². The number of nitrogens with zero attached hydrogens (tertiary/aromatic N) is 2. The standard InChI is InChI=1S/C26H19N3O5/c30-24(14-23-18-8-4-5-9-19(18)26(33)34-23)28-17-10-11-21-20(12-17)27-15-29(21)22(13-25(31)32)16-6-2-1-3-7-16/h1-12,14-15,22H,13H2,(H,28,30)(H,31,32)/b23-14+. The van der Waals surface area contributed by atoms with E-state index in [0.717, 1.165) is 11.1 Å². The quantitative estimate of drug-likeness (QED) is 0.334.